The molecule has 0 aliphatic carbocycles. The van der Waals surface area contributed by atoms with E-state index in [1.54, 1.807) is 0 Å². The standard InChI is InChI=1S/2C6H6.2C3H8/c2*1-2-4-6-5-3-1;2*1-3-2/h2*1-6H;2*3H2,1-2H3. The van der Waals surface area contributed by atoms with Crippen molar-refractivity contribution in [3.05, 3.63) is 72.8 Å². The summed E-state index contributed by atoms with van der Waals surface area (Å²) in [5, 5.41) is 0. The van der Waals surface area contributed by atoms with Crippen LogP contribution in [0.1, 0.15) is 40.5 Å². The summed E-state index contributed by atoms with van der Waals surface area (Å²) in [6.07, 6.45) is 2.50. The minimum Gasteiger partial charge on any atom is -0.0656 e. The van der Waals surface area contributed by atoms with Gasteiger partial charge in [-0.05, 0) is 0 Å². The predicted molar refractivity (Wildman–Crippen MR) is 84.8 cm³/mol. The molecule has 18 heavy (non-hydrogen) atoms. The van der Waals surface area contributed by atoms with Crippen LogP contribution in [-0.2, 0) is 0 Å². The van der Waals surface area contributed by atoms with Gasteiger partial charge in [-0.3, -0.25) is 0 Å². The number of rotatable bonds is 0. The molecule has 2 rings (SSSR count). The van der Waals surface area contributed by atoms with Crippen molar-refractivity contribution in [2.75, 3.05) is 0 Å². The molecule has 2 aromatic rings. The van der Waals surface area contributed by atoms with Crippen LogP contribution < -0.4 is 0 Å². The van der Waals surface area contributed by atoms with Gasteiger partial charge in [0, 0.05) is 0 Å². The zero-order chi connectivity index (χ0) is 13.9. The molecule has 0 aliphatic rings. The fraction of sp³-hybridized carbons (Fsp3) is 0.333. The normalized spacial score (nSPS) is 7.33. The lowest BCUT2D eigenvalue weighted by atomic mass is 10.4. The molecule has 0 nitrogen and oxygen atoms in total. The Bertz CT molecular complexity index is 199. The molecule has 0 aliphatic heterocycles. The highest BCUT2D eigenvalue weighted by molar-refractivity contribution is 4.99. The maximum atomic E-state index is 2.12. The Balaban J connectivity index is 0. The Hall–Kier alpha value is -1.56. The summed E-state index contributed by atoms with van der Waals surface area (Å²) in [4.78, 5) is 0. The van der Waals surface area contributed by atoms with Crippen molar-refractivity contribution in [2.24, 2.45) is 0 Å². The zero-order valence-corrected chi connectivity index (χ0v) is 12.3. The number of hydrogen-bond acceptors (Lipinski definition) is 0. The van der Waals surface area contributed by atoms with Gasteiger partial charge in [0.2, 0.25) is 0 Å². The first-order chi connectivity index (χ1) is 8.83. The van der Waals surface area contributed by atoms with Crippen LogP contribution in [0.3, 0.4) is 0 Å². The number of benzene rings is 2. The summed E-state index contributed by atoms with van der Waals surface area (Å²) in [6.45, 7) is 8.50. The molecule has 0 saturated heterocycles. The fourth-order valence-corrected chi connectivity index (χ4v) is 0.770. The lowest BCUT2D eigenvalue weighted by molar-refractivity contribution is 1.09. The van der Waals surface area contributed by atoms with Crippen molar-refractivity contribution in [1.29, 1.82) is 0 Å². The van der Waals surface area contributed by atoms with Crippen molar-refractivity contribution >= 4 is 0 Å². The molecule has 2 aromatic carbocycles. The first-order valence-electron chi connectivity index (χ1n) is 6.83. The molecule has 0 spiro atoms. The Morgan fingerprint density at radius 2 is 0.389 bits per heavy atom. The van der Waals surface area contributed by atoms with E-state index >= 15 is 0 Å². The second-order valence-corrected chi connectivity index (χ2v) is 3.72. The molecule has 0 saturated carbocycles. The third-order valence-electron chi connectivity index (χ3n) is 1.33. The molecule has 0 heteroatoms. The average Bonchev–Trinajstić information content (AvgIpc) is 2.45. The van der Waals surface area contributed by atoms with Crippen LogP contribution in [0.5, 0.6) is 0 Å². The molecule has 0 aromatic heterocycles. The van der Waals surface area contributed by atoms with Crippen molar-refractivity contribution < 1.29 is 0 Å². The zero-order valence-electron chi connectivity index (χ0n) is 12.3. The molecular weight excluding hydrogens is 216 g/mol. The third kappa shape index (κ3) is 23.9. The van der Waals surface area contributed by atoms with Crippen LogP contribution in [-0.4, -0.2) is 0 Å². The van der Waals surface area contributed by atoms with Gasteiger partial charge >= 0.3 is 0 Å². The Kier molecular flexibility index (Phi) is 21.7. The van der Waals surface area contributed by atoms with E-state index in [0.29, 0.717) is 0 Å². The van der Waals surface area contributed by atoms with Gasteiger partial charge in [-0.25, -0.2) is 0 Å². The molecule has 0 atom stereocenters. The van der Waals surface area contributed by atoms with Crippen LogP contribution >= 0.6 is 0 Å². The number of hydrogen-bond donors (Lipinski definition) is 0. The largest absolute Gasteiger partial charge is 0.0656 e. The van der Waals surface area contributed by atoms with Crippen LogP contribution in [0, 0.1) is 0 Å². The van der Waals surface area contributed by atoms with Crippen LogP contribution in [0.25, 0.3) is 0 Å². The molecule has 0 heterocycles. The molecule has 0 N–H and O–H groups in total. The van der Waals surface area contributed by atoms with E-state index in [4.69, 9.17) is 0 Å². The smallest absolute Gasteiger partial charge is 0.0590 e. The van der Waals surface area contributed by atoms with Crippen molar-refractivity contribution in [3.63, 3.8) is 0 Å². The minimum atomic E-state index is 1.25. The predicted octanol–water partition coefficient (Wildman–Crippen LogP) is 6.21. The van der Waals surface area contributed by atoms with Crippen molar-refractivity contribution in [3.8, 4) is 0 Å². The van der Waals surface area contributed by atoms with Gasteiger partial charge in [-0.2, -0.15) is 0 Å². The summed E-state index contributed by atoms with van der Waals surface area (Å²) in [6, 6.07) is 24.0. The fourth-order valence-electron chi connectivity index (χ4n) is 0.770. The first-order valence-corrected chi connectivity index (χ1v) is 6.83. The SMILES string of the molecule is CCC.CCC.c1ccccc1.c1ccccc1. The Morgan fingerprint density at radius 3 is 0.444 bits per heavy atom. The first kappa shape index (κ1) is 18.8. The molecule has 0 fully saturated rings. The molecule has 100 valence electrons. The monoisotopic (exact) mass is 244 g/mol. The maximum Gasteiger partial charge on any atom is -0.0590 e. The van der Waals surface area contributed by atoms with E-state index in [1.165, 1.54) is 12.8 Å². The lowest BCUT2D eigenvalue weighted by Crippen LogP contribution is -1.47. The summed E-state index contributed by atoms with van der Waals surface area (Å²) in [5.41, 5.74) is 0. The van der Waals surface area contributed by atoms with Crippen molar-refractivity contribution in [1.82, 2.24) is 0 Å². The third-order valence-corrected chi connectivity index (χ3v) is 1.33. The topological polar surface area (TPSA) is 0 Å². The van der Waals surface area contributed by atoms with E-state index in [0.717, 1.165) is 0 Å². The second-order valence-electron chi connectivity index (χ2n) is 3.72. The van der Waals surface area contributed by atoms with Gasteiger partial charge in [0.25, 0.3) is 0 Å². The Morgan fingerprint density at radius 1 is 0.333 bits per heavy atom. The second kappa shape index (κ2) is 20.8. The lowest BCUT2D eigenvalue weighted by Gasteiger charge is -1.69. The maximum absolute atomic E-state index is 2.12. The summed E-state index contributed by atoms with van der Waals surface area (Å²) in [5.74, 6) is 0. The molecule has 0 unspecified atom stereocenters. The van der Waals surface area contributed by atoms with Gasteiger partial charge in [0.05, 0.1) is 0 Å². The molecule has 0 amide bonds. The highest BCUT2D eigenvalue weighted by Crippen LogP contribution is 1.80. The van der Waals surface area contributed by atoms with E-state index in [1.807, 2.05) is 72.8 Å². The van der Waals surface area contributed by atoms with E-state index in [2.05, 4.69) is 27.7 Å². The summed E-state index contributed by atoms with van der Waals surface area (Å²) >= 11 is 0. The van der Waals surface area contributed by atoms with E-state index in [-0.39, 0.29) is 0 Å². The molecular formula is C18H28. The van der Waals surface area contributed by atoms with Gasteiger partial charge in [0.1, 0.15) is 0 Å². The van der Waals surface area contributed by atoms with Crippen LogP contribution in [0.4, 0.5) is 0 Å². The quantitative estimate of drug-likeness (QED) is 0.517. The van der Waals surface area contributed by atoms with Crippen LogP contribution in [0.2, 0.25) is 0 Å². The average molecular weight is 244 g/mol. The van der Waals surface area contributed by atoms with Gasteiger partial charge < -0.3 is 0 Å². The van der Waals surface area contributed by atoms with Crippen LogP contribution in [0.15, 0.2) is 72.8 Å². The van der Waals surface area contributed by atoms with Crippen molar-refractivity contribution in [2.45, 2.75) is 40.5 Å². The Labute approximate surface area is 114 Å². The van der Waals surface area contributed by atoms with Gasteiger partial charge in [-0.1, -0.05) is 113 Å². The molecule has 0 radical (unpaired) electrons. The highest BCUT2D eigenvalue weighted by Gasteiger charge is 1.58. The highest BCUT2D eigenvalue weighted by atomic mass is 13.7. The summed E-state index contributed by atoms with van der Waals surface area (Å²) in [7, 11) is 0. The summed E-state index contributed by atoms with van der Waals surface area (Å²) < 4.78 is 0. The molecule has 0 bridgehead atoms. The van der Waals surface area contributed by atoms with Gasteiger partial charge in [-0.15, -0.1) is 0 Å². The minimum absolute atomic E-state index is 1.25. The van der Waals surface area contributed by atoms with Gasteiger partial charge in [0.15, 0.2) is 0 Å². The van der Waals surface area contributed by atoms with E-state index < -0.39 is 0 Å². The van der Waals surface area contributed by atoms with E-state index in [9.17, 15) is 0 Å².